The minimum absolute atomic E-state index is 0. The Kier molecular flexibility index (Phi) is 9.45. The van der Waals surface area contributed by atoms with E-state index in [0.717, 1.165) is 55.4 Å². The highest BCUT2D eigenvalue weighted by Gasteiger charge is 2.40. The predicted molar refractivity (Wildman–Crippen MR) is 162 cm³/mol. The maximum absolute atomic E-state index is 6.27. The number of benzene rings is 2. The lowest BCUT2D eigenvalue weighted by Crippen LogP contribution is -2.46. The maximum atomic E-state index is 6.27. The summed E-state index contributed by atoms with van der Waals surface area (Å²) in [5.74, 6) is 4.69. The minimum Gasteiger partial charge on any atom is -0.493 e. The number of fused-ring (bicyclic) bond motifs is 4. The monoisotopic (exact) mass is 602 g/mol. The van der Waals surface area contributed by atoms with Crippen LogP contribution in [0.5, 0.6) is 23.0 Å². The van der Waals surface area contributed by atoms with Gasteiger partial charge in [0.1, 0.15) is 5.60 Å². The lowest BCUT2D eigenvalue weighted by Gasteiger charge is -2.48. The van der Waals surface area contributed by atoms with Crippen molar-refractivity contribution in [2.75, 3.05) is 41.0 Å². The molecular formula is C32H47BrN2O4. The van der Waals surface area contributed by atoms with Gasteiger partial charge in [-0.3, -0.25) is 4.90 Å². The van der Waals surface area contributed by atoms with E-state index in [1.54, 1.807) is 21.3 Å². The van der Waals surface area contributed by atoms with Crippen molar-refractivity contribution >= 4 is 17.0 Å². The van der Waals surface area contributed by atoms with Crippen LogP contribution in [0.3, 0.4) is 0 Å². The van der Waals surface area contributed by atoms with E-state index in [4.69, 9.17) is 18.9 Å². The fraction of sp³-hybridized carbons (Fsp3) is 0.625. The number of ether oxygens (including phenoxy) is 4. The van der Waals surface area contributed by atoms with Gasteiger partial charge in [0.15, 0.2) is 23.0 Å². The summed E-state index contributed by atoms with van der Waals surface area (Å²) in [6.45, 7) is 11.9. The van der Waals surface area contributed by atoms with Crippen LogP contribution in [-0.2, 0) is 12.8 Å². The Labute approximate surface area is 245 Å². The molecule has 0 aliphatic carbocycles. The lowest BCUT2D eigenvalue weighted by molar-refractivity contribution is 0.0434. The molecular weight excluding hydrogens is 556 g/mol. The first-order chi connectivity index (χ1) is 18.2. The van der Waals surface area contributed by atoms with Crippen molar-refractivity contribution in [1.29, 1.82) is 0 Å². The maximum Gasteiger partial charge on any atom is 0.162 e. The number of nitrogens with one attached hydrogen (secondary N) is 1. The van der Waals surface area contributed by atoms with Crippen LogP contribution in [-0.4, -0.2) is 51.5 Å². The molecule has 3 aliphatic rings. The van der Waals surface area contributed by atoms with Gasteiger partial charge in [0.25, 0.3) is 0 Å². The van der Waals surface area contributed by atoms with E-state index in [2.05, 4.69) is 62.2 Å². The van der Waals surface area contributed by atoms with Gasteiger partial charge in [0, 0.05) is 25.2 Å². The summed E-state index contributed by atoms with van der Waals surface area (Å²) in [7, 11) is 5.21. The average Bonchev–Trinajstić information content (AvgIpc) is 2.90. The van der Waals surface area contributed by atoms with Crippen LogP contribution in [0.15, 0.2) is 24.3 Å². The van der Waals surface area contributed by atoms with Crippen molar-refractivity contribution in [2.45, 2.75) is 77.5 Å². The predicted octanol–water partition coefficient (Wildman–Crippen LogP) is 6.69. The number of halogens is 1. The first kappa shape index (κ1) is 30.0. The van der Waals surface area contributed by atoms with Crippen molar-refractivity contribution < 1.29 is 18.9 Å². The van der Waals surface area contributed by atoms with Crippen LogP contribution in [0.1, 0.15) is 81.3 Å². The summed E-state index contributed by atoms with van der Waals surface area (Å²) >= 11 is 0. The Morgan fingerprint density at radius 3 is 2.13 bits per heavy atom. The SMILES string of the molecule is Br.CC[C@H]1CN2CCc3cc(OC)c(OC)cc3[C@@H]2C[C@@H]1C[C@H]1NCCc2cc(OC(C)(C)C)c(OC)cc21. The second kappa shape index (κ2) is 12.3. The largest absolute Gasteiger partial charge is 0.493 e. The highest BCUT2D eigenvalue weighted by atomic mass is 79.9. The number of piperidine rings is 1. The quantitative estimate of drug-likeness (QED) is 0.381. The molecule has 0 saturated carbocycles. The lowest BCUT2D eigenvalue weighted by atomic mass is 9.72. The number of nitrogens with zero attached hydrogens (tertiary/aromatic N) is 1. The van der Waals surface area contributed by atoms with Gasteiger partial charge >= 0.3 is 0 Å². The van der Waals surface area contributed by atoms with Crippen LogP contribution >= 0.6 is 17.0 Å². The van der Waals surface area contributed by atoms with Crippen LogP contribution in [0.25, 0.3) is 0 Å². The van der Waals surface area contributed by atoms with E-state index < -0.39 is 0 Å². The van der Waals surface area contributed by atoms with Gasteiger partial charge in [-0.05, 0) is 111 Å². The first-order valence-electron chi connectivity index (χ1n) is 14.4. The molecule has 6 nitrogen and oxygen atoms in total. The molecule has 216 valence electrons. The van der Waals surface area contributed by atoms with Crippen LogP contribution in [0.2, 0.25) is 0 Å². The van der Waals surface area contributed by atoms with Gasteiger partial charge in [0.2, 0.25) is 0 Å². The highest BCUT2D eigenvalue weighted by molar-refractivity contribution is 8.93. The molecule has 7 heteroatoms. The molecule has 5 rings (SSSR count). The smallest absolute Gasteiger partial charge is 0.162 e. The van der Waals surface area contributed by atoms with E-state index in [9.17, 15) is 0 Å². The average molecular weight is 604 g/mol. The van der Waals surface area contributed by atoms with Gasteiger partial charge in [-0.15, -0.1) is 17.0 Å². The molecule has 0 bridgehead atoms. The third-order valence-electron chi connectivity index (χ3n) is 8.84. The first-order valence-corrected chi connectivity index (χ1v) is 14.4. The number of methoxy groups -OCH3 is 3. The molecule has 2 aromatic rings. The number of hydrogen-bond donors (Lipinski definition) is 1. The zero-order valence-corrected chi connectivity index (χ0v) is 26.5. The van der Waals surface area contributed by atoms with Crippen molar-refractivity contribution in [1.82, 2.24) is 10.2 Å². The summed E-state index contributed by atoms with van der Waals surface area (Å²) in [5, 5.41) is 3.86. The van der Waals surface area contributed by atoms with Gasteiger partial charge in [-0.2, -0.15) is 0 Å². The van der Waals surface area contributed by atoms with Crippen LogP contribution in [0.4, 0.5) is 0 Å². The Balaban J connectivity index is 0.00000353. The van der Waals surface area contributed by atoms with E-state index in [0.29, 0.717) is 23.9 Å². The van der Waals surface area contributed by atoms with Gasteiger partial charge in [-0.1, -0.05) is 13.3 Å². The third-order valence-corrected chi connectivity index (χ3v) is 8.84. The molecule has 1 N–H and O–H groups in total. The molecule has 39 heavy (non-hydrogen) atoms. The van der Waals surface area contributed by atoms with Crippen LogP contribution in [0, 0.1) is 11.8 Å². The fourth-order valence-electron chi connectivity index (χ4n) is 6.99. The van der Waals surface area contributed by atoms with Crippen molar-refractivity contribution in [3.8, 4) is 23.0 Å². The zero-order valence-electron chi connectivity index (χ0n) is 24.8. The molecule has 2 aromatic carbocycles. The van der Waals surface area contributed by atoms with Gasteiger partial charge < -0.3 is 24.3 Å². The molecule has 0 unspecified atom stereocenters. The molecule has 1 fully saturated rings. The molecule has 1 saturated heterocycles. The molecule has 4 atom stereocenters. The Morgan fingerprint density at radius 1 is 0.846 bits per heavy atom. The van der Waals surface area contributed by atoms with E-state index >= 15 is 0 Å². The molecule has 0 aromatic heterocycles. The summed E-state index contributed by atoms with van der Waals surface area (Å²) in [4.78, 5) is 2.72. The molecule has 0 spiro atoms. The summed E-state index contributed by atoms with van der Waals surface area (Å²) < 4.78 is 23.4. The van der Waals surface area contributed by atoms with E-state index in [1.165, 1.54) is 41.6 Å². The second-order valence-corrected chi connectivity index (χ2v) is 12.2. The molecule has 3 aliphatic heterocycles. The van der Waals surface area contributed by atoms with Crippen molar-refractivity contribution in [3.05, 3.63) is 46.5 Å². The topological polar surface area (TPSA) is 52.2 Å². The number of hydrogen-bond acceptors (Lipinski definition) is 6. The fourth-order valence-corrected chi connectivity index (χ4v) is 6.99. The van der Waals surface area contributed by atoms with Crippen molar-refractivity contribution in [2.24, 2.45) is 11.8 Å². The van der Waals surface area contributed by atoms with Gasteiger partial charge in [-0.25, -0.2) is 0 Å². The Bertz CT molecular complexity index is 1150. The summed E-state index contributed by atoms with van der Waals surface area (Å²) in [6.07, 6.45) is 5.62. The molecule has 0 radical (unpaired) electrons. The van der Waals surface area contributed by atoms with Crippen LogP contribution < -0.4 is 24.3 Å². The van der Waals surface area contributed by atoms with E-state index in [1.807, 2.05) is 0 Å². The van der Waals surface area contributed by atoms with Crippen molar-refractivity contribution in [3.63, 3.8) is 0 Å². The standard InChI is InChI=1S/C32H46N2O4.BrH/c1-8-20-19-34-12-10-22-15-28(35-5)29(36-6)18-25(22)27(34)14-23(20)13-26-24-17-30(37-7)31(38-32(2,3)4)16-21(24)9-11-33-26;/h15-18,20,23,26-27,33H,8-14,19H2,1-7H3;1H/t20-,23-,26+,27-;/m0./s1. The number of rotatable bonds is 7. The Hall–Kier alpha value is -1.96. The van der Waals surface area contributed by atoms with E-state index in [-0.39, 0.29) is 22.6 Å². The second-order valence-electron chi connectivity index (χ2n) is 12.2. The summed E-state index contributed by atoms with van der Waals surface area (Å²) in [5.41, 5.74) is 5.34. The molecule has 3 heterocycles. The zero-order chi connectivity index (χ0) is 27.0. The molecule has 0 amide bonds. The normalized spacial score (nSPS) is 24.5. The van der Waals surface area contributed by atoms with Gasteiger partial charge in [0.05, 0.1) is 21.3 Å². The highest BCUT2D eigenvalue weighted by Crippen LogP contribution is 2.48. The summed E-state index contributed by atoms with van der Waals surface area (Å²) in [6, 6.07) is 9.67. The Morgan fingerprint density at radius 2 is 1.46 bits per heavy atom. The minimum atomic E-state index is -0.265. The third kappa shape index (κ3) is 6.20.